The minimum Gasteiger partial charge on any atom is -0.338 e. The molecule has 2 N–H and O–H groups in total. The molecule has 112 valence electrons. The van der Waals surface area contributed by atoms with Crippen molar-refractivity contribution in [3.63, 3.8) is 0 Å². The number of halogens is 1. The molecule has 3 rings (SSSR count). The van der Waals surface area contributed by atoms with Crippen LogP contribution in [-0.4, -0.2) is 29.9 Å². The van der Waals surface area contributed by atoms with Gasteiger partial charge in [0.2, 0.25) is 0 Å². The number of thiophene rings is 1. The van der Waals surface area contributed by atoms with Gasteiger partial charge in [0.15, 0.2) is 0 Å². The van der Waals surface area contributed by atoms with Crippen molar-refractivity contribution in [2.24, 2.45) is 11.7 Å². The van der Waals surface area contributed by atoms with Gasteiger partial charge in [0.1, 0.15) is 0 Å². The maximum absolute atomic E-state index is 12.6. The van der Waals surface area contributed by atoms with E-state index in [1.54, 1.807) is 11.3 Å². The molecule has 0 aromatic carbocycles. The molecule has 20 heavy (non-hydrogen) atoms. The first kappa shape index (κ1) is 15.8. The molecule has 2 heterocycles. The molecule has 2 unspecified atom stereocenters. The van der Waals surface area contributed by atoms with Crippen LogP contribution >= 0.6 is 23.7 Å². The Bertz CT molecular complexity index is 465. The number of rotatable bonds is 2. The fourth-order valence-corrected chi connectivity index (χ4v) is 4.44. The topological polar surface area (TPSA) is 46.3 Å². The Kier molecular flexibility index (Phi) is 5.10. The van der Waals surface area contributed by atoms with Crippen molar-refractivity contribution in [1.82, 2.24) is 4.90 Å². The van der Waals surface area contributed by atoms with Crippen LogP contribution in [0.25, 0.3) is 0 Å². The number of piperidine rings is 1. The standard InChI is InChI=1S/C15H22N2OS.ClH/c1-10(16)12-5-3-7-17(9-12)15(18)14-8-11-4-2-6-13(11)19-14;/h8,10,12H,2-7,9,16H2,1H3;1H. The molecule has 0 spiro atoms. The van der Waals surface area contributed by atoms with E-state index in [1.165, 1.54) is 16.9 Å². The van der Waals surface area contributed by atoms with Crippen molar-refractivity contribution < 1.29 is 4.79 Å². The van der Waals surface area contributed by atoms with Gasteiger partial charge in [-0.1, -0.05) is 0 Å². The molecule has 1 aliphatic heterocycles. The van der Waals surface area contributed by atoms with Gasteiger partial charge in [0, 0.05) is 24.0 Å². The van der Waals surface area contributed by atoms with E-state index < -0.39 is 0 Å². The van der Waals surface area contributed by atoms with Gasteiger partial charge in [-0.3, -0.25) is 4.79 Å². The lowest BCUT2D eigenvalue weighted by atomic mass is 9.92. The zero-order valence-corrected chi connectivity index (χ0v) is 13.6. The third-order valence-corrected chi connectivity index (χ3v) is 5.67. The van der Waals surface area contributed by atoms with E-state index in [-0.39, 0.29) is 24.4 Å². The quantitative estimate of drug-likeness (QED) is 0.912. The molecule has 0 radical (unpaired) electrons. The monoisotopic (exact) mass is 314 g/mol. The summed E-state index contributed by atoms with van der Waals surface area (Å²) < 4.78 is 0. The summed E-state index contributed by atoms with van der Waals surface area (Å²) >= 11 is 1.71. The van der Waals surface area contributed by atoms with E-state index in [0.29, 0.717) is 5.92 Å². The molecular formula is C15H23ClN2OS. The van der Waals surface area contributed by atoms with Crippen LogP contribution in [0, 0.1) is 5.92 Å². The SMILES string of the molecule is CC(N)C1CCCN(C(=O)c2cc3c(s2)CCC3)C1.Cl. The van der Waals surface area contributed by atoms with Gasteiger partial charge in [-0.15, -0.1) is 23.7 Å². The summed E-state index contributed by atoms with van der Waals surface area (Å²) in [6, 6.07) is 2.31. The van der Waals surface area contributed by atoms with E-state index >= 15 is 0 Å². The molecule has 1 aromatic rings. The third-order valence-electron chi connectivity index (χ3n) is 4.45. The number of amides is 1. The molecule has 1 amide bonds. The molecule has 0 saturated carbocycles. The highest BCUT2D eigenvalue weighted by Gasteiger charge is 2.28. The molecule has 5 heteroatoms. The van der Waals surface area contributed by atoms with E-state index in [2.05, 4.69) is 13.0 Å². The van der Waals surface area contributed by atoms with Crippen molar-refractivity contribution in [3.8, 4) is 0 Å². The van der Waals surface area contributed by atoms with E-state index in [4.69, 9.17) is 5.73 Å². The van der Waals surface area contributed by atoms with Gasteiger partial charge < -0.3 is 10.6 Å². The molecule has 1 fully saturated rings. The Labute approximate surface area is 130 Å². The summed E-state index contributed by atoms with van der Waals surface area (Å²) in [5.41, 5.74) is 7.40. The number of nitrogens with two attached hydrogens (primary N) is 1. The lowest BCUT2D eigenvalue weighted by Crippen LogP contribution is -2.44. The average molecular weight is 315 g/mol. The van der Waals surface area contributed by atoms with Crippen LogP contribution in [-0.2, 0) is 12.8 Å². The Morgan fingerprint density at radius 1 is 1.45 bits per heavy atom. The summed E-state index contributed by atoms with van der Waals surface area (Å²) in [6.45, 7) is 3.78. The molecule has 1 aromatic heterocycles. The Balaban J connectivity index is 0.00000147. The fourth-order valence-electron chi connectivity index (χ4n) is 3.21. The van der Waals surface area contributed by atoms with Gasteiger partial charge in [-0.05, 0) is 56.6 Å². The van der Waals surface area contributed by atoms with Gasteiger partial charge in [-0.25, -0.2) is 0 Å². The lowest BCUT2D eigenvalue weighted by molar-refractivity contribution is 0.0666. The second-order valence-corrected chi connectivity index (χ2v) is 7.06. The van der Waals surface area contributed by atoms with Crippen molar-refractivity contribution in [2.45, 2.75) is 45.1 Å². The summed E-state index contributed by atoms with van der Waals surface area (Å²) in [5, 5.41) is 0. The minimum absolute atomic E-state index is 0. The molecule has 1 saturated heterocycles. The summed E-state index contributed by atoms with van der Waals surface area (Å²) in [6.07, 6.45) is 5.81. The van der Waals surface area contributed by atoms with Crippen molar-refractivity contribution in [1.29, 1.82) is 0 Å². The van der Waals surface area contributed by atoms with Gasteiger partial charge >= 0.3 is 0 Å². The maximum Gasteiger partial charge on any atom is 0.263 e. The zero-order chi connectivity index (χ0) is 13.4. The summed E-state index contributed by atoms with van der Waals surface area (Å²) in [4.78, 5) is 17.0. The lowest BCUT2D eigenvalue weighted by Gasteiger charge is -2.34. The van der Waals surface area contributed by atoms with Crippen LogP contribution in [0.1, 0.15) is 46.3 Å². The van der Waals surface area contributed by atoms with Crippen LogP contribution in [0.3, 0.4) is 0 Å². The minimum atomic E-state index is 0. The number of aryl methyl sites for hydroxylation is 2. The molecular weight excluding hydrogens is 292 g/mol. The highest BCUT2D eigenvalue weighted by molar-refractivity contribution is 7.14. The predicted octanol–water partition coefficient (Wildman–Crippen LogP) is 2.86. The van der Waals surface area contributed by atoms with Crippen LogP contribution in [0.4, 0.5) is 0 Å². The average Bonchev–Trinajstić information content (AvgIpc) is 2.98. The fraction of sp³-hybridized carbons (Fsp3) is 0.667. The maximum atomic E-state index is 12.6. The Hall–Kier alpha value is -0.580. The van der Waals surface area contributed by atoms with E-state index in [9.17, 15) is 4.79 Å². The zero-order valence-electron chi connectivity index (χ0n) is 11.9. The largest absolute Gasteiger partial charge is 0.338 e. The smallest absolute Gasteiger partial charge is 0.263 e. The molecule has 3 nitrogen and oxygen atoms in total. The number of hydrogen-bond donors (Lipinski definition) is 1. The molecule has 1 aliphatic carbocycles. The number of carbonyl (C=O) groups is 1. The van der Waals surface area contributed by atoms with Crippen LogP contribution in [0.15, 0.2) is 6.07 Å². The highest BCUT2D eigenvalue weighted by Crippen LogP contribution is 2.32. The number of hydrogen-bond acceptors (Lipinski definition) is 3. The summed E-state index contributed by atoms with van der Waals surface area (Å²) in [7, 11) is 0. The first-order chi connectivity index (χ1) is 9.15. The molecule has 0 bridgehead atoms. The number of fused-ring (bicyclic) bond motifs is 1. The first-order valence-corrected chi connectivity index (χ1v) is 8.13. The van der Waals surface area contributed by atoms with Crippen LogP contribution in [0.5, 0.6) is 0 Å². The Morgan fingerprint density at radius 2 is 2.25 bits per heavy atom. The van der Waals surface area contributed by atoms with Crippen molar-refractivity contribution >= 4 is 29.7 Å². The molecule has 2 atom stereocenters. The van der Waals surface area contributed by atoms with Crippen molar-refractivity contribution in [2.75, 3.05) is 13.1 Å². The van der Waals surface area contributed by atoms with Gasteiger partial charge in [0.25, 0.3) is 5.91 Å². The first-order valence-electron chi connectivity index (χ1n) is 7.31. The normalized spacial score (nSPS) is 23.1. The van der Waals surface area contributed by atoms with Crippen LogP contribution < -0.4 is 5.73 Å². The second kappa shape index (κ2) is 6.46. The van der Waals surface area contributed by atoms with E-state index in [1.807, 2.05) is 4.90 Å². The summed E-state index contributed by atoms with van der Waals surface area (Å²) in [5.74, 6) is 0.689. The predicted molar refractivity (Wildman–Crippen MR) is 85.9 cm³/mol. The highest BCUT2D eigenvalue weighted by atomic mass is 35.5. The Morgan fingerprint density at radius 3 is 2.95 bits per heavy atom. The van der Waals surface area contributed by atoms with Crippen LogP contribution in [0.2, 0.25) is 0 Å². The third kappa shape index (κ3) is 3.02. The number of nitrogens with zero attached hydrogens (tertiary/aromatic N) is 1. The van der Waals surface area contributed by atoms with E-state index in [0.717, 1.165) is 43.6 Å². The van der Waals surface area contributed by atoms with Crippen molar-refractivity contribution in [3.05, 3.63) is 21.4 Å². The molecule has 2 aliphatic rings. The second-order valence-electron chi connectivity index (χ2n) is 5.93. The van der Waals surface area contributed by atoms with Gasteiger partial charge in [-0.2, -0.15) is 0 Å². The number of carbonyl (C=O) groups excluding carboxylic acids is 1. The van der Waals surface area contributed by atoms with Gasteiger partial charge in [0.05, 0.1) is 4.88 Å². The number of likely N-dealkylation sites (tertiary alicyclic amines) is 1.